The molecule has 2 aromatic rings. The van der Waals surface area contributed by atoms with Crippen molar-refractivity contribution in [2.75, 3.05) is 11.5 Å². The number of aliphatic carboxylic acids is 4. The number of phenolic OH excluding ortho intramolecular Hbond substituents is 2. The summed E-state index contributed by atoms with van der Waals surface area (Å²) in [5, 5.41) is 64.6. The van der Waals surface area contributed by atoms with E-state index in [0.29, 0.717) is 24.0 Å². The second kappa shape index (κ2) is 8.75. The number of nitrogen functional groups attached to an aromatic ring is 2. The van der Waals surface area contributed by atoms with Gasteiger partial charge < -0.3 is 42.1 Å². The highest BCUT2D eigenvalue weighted by atomic mass is 16.4. The van der Waals surface area contributed by atoms with E-state index in [1.165, 1.54) is 12.1 Å². The van der Waals surface area contributed by atoms with Crippen LogP contribution in [0.4, 0.5) is 11.4 Å². The number of carbonyl (C=O) groups is 4. The van der Waals surface area contributed by atoms with Crippen molar-refractivity contribution in [1.82, 2.24) is 0 Å². The summed E-state index contributed by atoms with van der Waals surface area (Å²) < 4.78 is 0. The first-order chi connectivity index (χ1) is 22.3. The minimum atomic E-state index is -1.47. The summed E-state index contributed by atoms with van der Waals surface area (Å²) in [6.45, 7) is 0. The first-order valence-electron chi connectivity index (χ1n) is 16.4. The molecule has 8 aliphatic carbocycles. The minimum Gasteiger partial charge on any atom is -0.506 e. The molecule has 10 N–H and O–H groups in total. The first-order valence-corrected chi connectivity index (χ1v) is 16.4. The van der Waals surface area contributed by atoms with Crippen LogP contribution in [-0.2, 0) is 30.0 Å². The molecule has 8 saturated carbocycles. The predicted octanol–water partition coefficient (Wildman–Crippen LogP) is 4.46. The second-order valence-corrected chi connectivity index (χ2v) is 17.1. The van der Waals surface area contributed by atoms with Crippen LogP contribution in [0.25, 0.3) is 0 Å². The van der Waals surface area contributed by atoms with E-state index in [1.807, 2.05) is 0 Å². The molecule has 4 atom stereocenters. The highest BCUT2D eigenvalue weighted by Crippen LogP contribution is 2.85. The molecular formula is C36H40N2O10. The van der Waals surface area contributed by atoms with Gasteiger partial charge in [-0.2, -0.15) is 0 Å². The average molecular weight is 661 g/mol. The van der Waals surface area contributed by atoms with Gasteiger partial charge in [-0.25, -0.2) is 0 Å². The Kier molecular flexibility index (Phi) is 5.62. The van der Waals surface area contributed by atoms with Gasteiger partial charge >= 0.3 is 23.9 Å². The van der Waals surface area contributed by atoms with Gasteiger partial charge in [0.05, 0.1) is 33.0 Å². The molecule has 8 bridgehead atoms. The van der Waals surface area contributed by atoms with Crippen molar-refractivity contribution in [3.05, 3.63) is 47.5 Å². The van der Waals surface area contributed by atoms with Gasteiger partial charge in [-0.05, 0) is 134 Å². The van der Waals surface area contributed by atoms with Gasteiger partial charge in [-0.1, -0.05) is 12.1 Å². The molecule has 254 valence electrons. The number of carboxylic acid groups (broad SMARTS) is 4. The lowest BCUT2D eigenvalue weighted by molar-refractivity contribution is -0.280. The van der Waals surface area contributed by atoms with Crippen LogP contribution >= 0.6 is 0 Å². The molecule has 0 amide bonds. The zero-order valence-electron chi connectivity index (χ0n) is 26.4. The number of benzene rings is 2. The summed E-state index contributed by atoms with van der Waals surface area (Å²) in [5.74, 6) is -4.75. The topological polar surface area (TPSA) is 242 Å². The molecule has 0 radical (unpaired) electrons. The lowest BCUT2D eigenvalue weighted by atomic mass is 9.24. The summed E-state index contributed by atoms with van der Waals surface area (Å²) in [5.41, 5.74) is 3.81. The maximum atomic E-state index is 13.5. The lowest BCUT2D eigenvalue weighted by Crippen LogP contribution is -2.75. The number of carboxylic acids is 4. The van der Waals surface area contributed by atoms with E-state index in [9.17, 15) is 49.8 Å². The molecule has 48 heavy (non-hydrogen) atoms. The van der Waals surface area contributed by atoms with Crippen molar-refractivity contribution in [2.24, 2.45) is 32.5 Å². The van der Waals surface area contributed by atoms with Gasteiger partial charge in [0, 0.05) is 0 Å². The molecule has 8 aliphatic rings. The van der Waals surface area contributed by atoms with Crippen molar-refractivity contribution >= 4 is 35.3 Å². The largest absolute Gasteiger partial charge is 0.506 e. The van der Waals surface area contributed by atoms with Gasteiger partial charge in [0.25, 0.3) is 0 Å². The zero-order valence-corrected chi connectivity index (χ0v) is 26.4. The van der Waals surface area contributed by atoms with Gasteiger partial charge in [0.2, 0.25) is 0 Å². The van der Waals surface area contributed by atoms with Crippen LogP contribution in [0.1, 0.15) is 88.2 Å². The Labute approximate surface area is 275 Å². The SMILES string of the molecule is Nc1cc(C23CC4(C(=O)O)CC(C(=O)O)(C2)CC(C25CC6(C(=O)O)CC(C(=O)O)(CC(c7ccc(O)c(N)c7)(C6)C2)C5)(C4)C3)ccc1O. The van der Waals surface area contributed by atoms with Crippen LogP contribution in [0.15, 0.2) is 36.4 Å². The Morgan fingerprint density at radius 1 is 0.458 bits per heavy atom. The fourth-order valence-electron chi connectivity index (χ4n) is 13.7. The van der Waals surface area contributed by atoms with Crippen molar-refractivity contribution in [2.45, 2.75) is 87.9 Å². The summed E-state index contributed by atoms with van der Waals surface area (Å²) in [6, 6.07) is 9.42. The highest BCUT2D eigenvalue weighted by molar-refractivity contribution is 5.84. The molecule has 0 spiro atoms. The van der Waals surface area contributed by atoms with E-state index in [4.69, 9.17) is 11.5 Å². The van der Waals surface area contributed by atoms with Crippen LogP contribution in [0.3, 0.4) is 0 Å². The van der Waals surface area contributed by atoms with E-state index >= 15 is 0 Å². The van der Waals surface area contributed by atoms with Gasteiger partial charge in [0.1, 0.15) is 11.5 Å². The molecule has 0 aliphatic heterocycles. The fourth-order valence-corrected chi connectivity index (χ4v) is 13.7. The normalized spacial score (nSPS) is 43.2. The fraction of sp³-hybridized carbons (Fsp3) is 0.556. The number of aromatic hydroxyl groups is 2. The third-order valence-electron chi connectivity index (χ3n) is 14.3. The van der Waals surface area contributed by atoms with Gasteiger partial charge in [-0.3, -0.25) is 19.2 Å². The second-order valence-electron chi connectivity index (χ2n) is 17.1. The number of hydrogen-bond donors (Lipinski definition) is 8. The zero-order chi connectivity index (χ0) is 34.5. The van der Waals surface area contributed by atoms with Gasteiger partial charge in [0.15, 0.2) is 0 Å². The predicted molar refractivity (Wildman–Crippen MR) is 169 cm³/mol. The van der Waals surface area contributed by atoms with Crippen LogP contribution in [-0.4, -0.2) is 54.5 Å². The molecule has 12 heteroatoms. The Hall–Kier alpha value is -4.48. The third kappa shape index (κ3) is 3.55. The number of phenols is 2. The molecule has 0 heterocycles. The Morgan fingerprint density at radius 2 is 0.750 bits per heavy atom. The van der Waals surface area contributed by atoms with E-state index in [0.717, 1.165) is 0 Å². The highest BCUT2D eigenvalue weighted by Gasteiger charge is 2.82. The van der Waals surface area contributed by atoms with Crippen LogP contribution in [0, 0.1) is 32.5 Å². The molecule has 2 aromatic carbocycles. The van der Waals surface area contributed by atoms with Crippen molar-refractivity contribution in [3.63, 3.8) is 0 Å². The van der Waals surface area contributed by atoms with E-state index in [1.54, 1.807) is 24.3 Å². The van der Waals surface area contributed by atoms with Crippen LogP contribution in [0.5, 0.6) is 11.5 Å². The standard InChI is InChI=1S/C36H40N2O10/c37-21-5-19(1-3-23(21)39)29-7-31(25(41)42)11-32(8-29,26(43)44)16-35(13-29,15-31)36-14-30(20-2-4-24(40)22(38)6-20)9-33(17-36,27(45)46)12-34(10-30,18-36)28(47)48/h1-6,39-40H,7-18,37-38H2,(H,41,42)(H,43,44)(H,45,46)(H,47,48). The number of nitrogens with two attached hydrogens (primary N) is 2. The van der Waals surface area contributed by atoms with Crippen molar-refractivity contribution < 1.29 is 49.8 Å². The quantitative estimate of drug-likeness (QED) is 0.152. The van der Waals surface area contributed by atoms with E-state index < -0.39 is 67.2 Å². The Morgan fingerprint density at radius 3 is 1.00 bits per heavy atom. The van der Waals surface area contributed by atoms with Crippen molar-refractivity contribution in [1.29, 1.82) is 0 Å². The first kappa shape index (κ1) is 30.8. The molecule has 8 fully saturated rings. The Balaban J connectivity index is 1.42. The molecule has 10 rings (SSSR count). The number of rotatable bonds is 7. The van der Waals surface area contributed by atoms with Crippen LogP contribution in [0.2, 0.25) is 0 Å². The molecule has 12 nitrogen and oxygen atoms in total. The average Bonchev–Trinajstić information content (AvgIpc) is 2.98. The monoisotopic (exact) mass is 660 g/mol. The van der Waals surface area contributed by atoms with Crippen molar-refractivity contribution in [3.8, 4) is 11.5 Å². The lowest BCUT2D eigenvalue weighted by Gasteiger charge is -2.78. The van der Waals surface area contributed by atoms with Gasteiger partial charge in [-0.15, -0.1) is 0 Å². The minimum absolute atomic E-state index is 0.0778. The maximum Gasteiger partial charge on any atom is 0.309 e. The van der Waals surface area contributed by atoms with E-state index in [-0.39, 0.29) is 87.1 Å². The smallest absolute Gasteiger partial charge is 0.309 e. The number of anilines is 2. The van der Waals surface area contributed by atoms with E-state index in [2.05, 4.69) is 0 Å². The molecule has 0 aromatic heterocycles. The maximum absolute atomic E-state index is 13.5. The summed E-state index contributed by atoms with van der Waals surface area (Å²) in [6.07, 6.45) is 1.58. The number of hydrogen-bond acceptors (Lipinski definition) is 8. The molecular weight excluding hydrogens is 620 g/mol. The van der Waals surface area contributed by atoms with Crippen LogP contribution < -0.4 is 11.5 Å². The summed E-state index contributed by atoms with van der Waals surface area (Å²) >= 11 is 0. The summed E-state index contributed by atoms with van der Waals surface area (Å²) in [7, 11) is 0. The molecule has 0 saturated heterocycles. The summed E-state index contributed by atoms with van der Waals surface area (Å²) in [4.78, 5) is 54.0. The molecule has 4 unspecified atom stereocenters. The third-order valence-corrected chi connectivity index (χ3v) is 14.3. The Bertz CT molecular complexity index is 1670.